The van der Waals surface area contributed by atoms with Gasteiger partial charge in [-0.05, 0) is 62.5 Å². The van der Waals surface area contributed by atoms with Crippen LogP contribution >= 0.6 is 0 Å². The Labute approximate surface area is 162 Å². The lowest BCUT2D eigenvalue weighted by Gasteiger charge is -2.26. The Balaban J connectivity index is 1.46. The summed E-state index contributed by atoms with van der Waals surface area (Å²) in [6.07, 6.45) is 3.46. The van der Waals surface area contributed by atoms with Gasteiger partial charge in [-0.25, -0.2) is 0 Å². The van der Waals surface area contributed by atoms with Crippen molar-refractivity contribution in [1.29, 1.82) is 0 Å². The first-order chi connectivity index (χ1) is 13.1. The summed E-state index contributed by atoms with van der Waals surface area (Å²) in [6, 6.07) is 16.3. The molecule has 144 valence electrons. The Bertz CT molecular complexity index is 736. The van der Waals surface area contributed by atoms with Gasteiger partial charge in [0.25, 0.3) is 5.91 Å². The van der Waals surface area contributed by atoms with E-state index in [-0.39, 0.29) is 5.91 Å². The Morgan fingerprint density at radius 2 is 1.70 bits per heavy atom. The molecule has 1 saturated heterocycles. The predicted octanol–water partition coefficient (Wildman–Crippen LogP) is 4.06. The van der Waals surface area contributed by atoms with Crippen molar-refractivity contribution in [3.05, 3.63) is 65.2 Å². The smallest absolute Gasteiger partial charge is 0.261 e. The quantitative estimate of drug-likeness (QED) is 0.803. The van der Waals surface area contributed by atoms with Gasteiger partial charge in [0, 0.05) is 13.1 Å². The van der Waals surface area contributed by atoms with E-state index in [0.29, 0.717) is 6.54 Å². The van der Waals surface area contributed by atoms with E-state index >= 15 is 0 Å². The molecule has 0 unspecified atom stereocenters. The monoisotopic (exact) mass is 366 g/mol. The summed E-state index contributed by atoms with van der Waals surface area (Å²) in [7, 11) is 0. The average Bonchev–Trinajstić information content (AvgIpc) is 2.69. The largest absolute Gasteiger partial charge is 0.481 e. The number of rotatable bonds is 7. The number of carbonyl (C=O) groups is 1. The van der Waals surface area contributed by atoms with Crippen molar-refractivity contribution in [1.82, 2.24) is 10.2 Å². The van der Waals surface area contributed by atoms with Gasteiger partial charge in [0.05, 0.1) is 0 Å². The Morgan fingerprint density at radius 3 is 2.41 bits per heavy atom. The first-order valence-electron chi connectivity index (χ1n) is 9.92. The highest BCUT2D eigenvalue weighted by molar-refractivity contribution is 5.80. The second kappa shape index (κ2) is 9.56. The summed E-state index contributed by atoms with van der Waals surface area (Å²) >= 11 is 0. The molecule has 2 aromatic rings. The average molecular weight is 367 g/mol. The molecule has 0 bridgehead atoms. The molecule has 4 nitrogen and oxygen atoms in total. The number of aryl methyl sites for hydroxylation is 1. The SMILES string of the molecule is Cc1ccccc1O[C@@H](C)C(=O)NCc1ccc(CN2CCCCC2)cc1. The summed E-state index contributed by atoms with van der Waals surface area (Å²) in [5, 5.41) is 2.96. The summed E-state index contributed by atoms with van der Waals surface area (Å²) in [5.74, 6) is 0.651. The lowest BCUT2D eigenvalue weighted by molar-refractivity contribution is -0.127. The van der Waals surface area contributed by atoms with Crippen LogP contribution in [0.4, 0.5) is 0 Å². The number of ether oxygens (including phenoxy) is 1. The number of hydrogen-bond acceptors (Lipinski definition) is 3. The summed E-state index contributed by atoms with van der Waals surface area (Å²) in [4.78, 5) is 14.8. The molecule has 1 atom stereocenters. The zero-order chi connectivity index (χ0) is 19.1. The summed E-state index contributed by atoms with van der Waals surface area (Å²) in [6.45, 7) is 7.71. The molecule has 2 aromatic carbocycles. The number of nitrogens with zero attached hydrogens (tertiary/aromatic N) is 1. The molecule has 0 aliphatic carbocycles. The first kappa shape index (κ1) is 19.4. The van der Waals surface area contributed by atoms with Crippen molar-refractivity contribution in [2.24, 2.45) is 0 Å². The number of nitrogens with one attached hydrogen (secondary N) is 1. The molecule has 0 aromatic heterocycles. The van der Waals surface area contributed by atoms with Gasteiger partial charge in [-0.2, -0.15) is 0 Å². The van der Waals surface area contributed by atoms with E-state index in [9.17, 15) is 4.79 Å². The topological polar surface area (TPSA) is 41.6 Å². The molecule has 4 heteroatoms. The lowest BCUT2D eigenvalue weighted by Crippen LogP contribution is -2.36. The van der Waals surface area contributed by atoms with Crippen LogP contribution in [-0.2, 0) is 17.9 Å². The van der Waals surface area contributed by atoms with E-state index < -0.39 is 6.10 Å². The van der Waals surface area contributed by atoms with E-state index in [1.165, 1.54) is 37.9 Å². The minimum Gasteiger partial charge on any atom is -0.481 e. The molecular formula is C23H30N2O2. The molecule has 27 heavy (non-hydrogen) atoms. The van der Waals surface area contributed by atoms with Crippen LogP contribution in [0.3, 0.4) is 0 Å². The highest BCUT2D eigenvalue weighted by Crippen LogP contribution is 2.18. The Hall–Kier alpha value is -2.33. The van der Waals surface area contributed by atoms with Crippen molar-refractivity contribution in [3.8, 4) is 5.75 Å². The molecule has 1 amide bonds. The van der Waals surface area contributed by atoms with Gasteiger partial charge in [-0.1, -0.05) is 48.9 Å². The second-order valence-corrected chi connectivity index (χ2v) is 7.40. The predicted molar refractivity (Wildman–Crippen MR) is 109 cm³/mol. The van der Waals surface area contributed by atoms with Crippen LogP contribution in [0.1, 0.15) is 42.9 Å². The molecule has 0 saturated carbocycles. The van der Waals surface area contributed by atoms with E-state index in [2.05, 4.69) is 34.5 Å². The molecule has 3 rings (SSSR count). The molecule has 1 aliphatic rings. The number of carbonyl (C=O) groups excluding carboxylic acids is 1. The molecule has 0 radical (unpaired) electrons. The third-order valence-electron chi connectivity index (χ3n) is 5.11. The van der Waals surface area contributed by atoms with Crippen LogP contribution < -0.4 is 10.1 Å². The fourth-order valence-electron chi connectivity index (χ4n) is 3.40. The highest BCUT2D eigenvalue weighted by Gasteiger charge is 2.15. The normalized spacial score (nSPS) is 15.9. The Morgan fingerprint density at radius 1 is 1.04 bits per heavy atom. The van der Waals surface area contributed by atoms with Crippen molar-refractivity contribution in [2.75, 3.05) is 13.1 Å². The van der Waals surface area contributed by atoms with E-state index in [1.807, 2.05) is 31.2 Å². The van der Waals surface area contributed by atoms with E-state index in [4.69, 9.17) is 4.74 Å². The van der Waals surface area contributed by atoms with Crippen LogP contribution in [0.25, 0.3) is 0 Å². The van der Waals surface area contributed by atoms with Gasteiger partial charge >= 0.3 is 0 Å². The van der Waals surface area contributed by atoms with Gasteiger partial charge in [-0.15, -0.1) is 0 Å². The number of para-hydroxylation sites is 1. The fourth-order valence-corrected chi connectivity index (χ4v) is 3.40. The minimum atomic E-state index is -0.524. The maximum atomic E-state index is 12.3. The highest BCUT2D eigenvalue weighted by atomic mass is 16.5. The van der Waals surface area contributed by atoms with Crippen LogP contribution in [0.15, 0.2) is 48.5 Å². The summed E-state index contributed by atoms with van der Waals surface area (Å²) < 4.78 is 5.78. The molecule has 1 fully saturated rings. The van der Waals surface area contributed by atoms with Gasteiger partial charge in [0.2, 0.25) is 0 Å². The van der Waals surface area contributed by atoms with Gasteiger partial charge in [0.1, 0.15) is 5.75 Å². The third kappa shape index (κ3) is 5.83. The molecule has 1 heterocycles. The lowest BCUT2D eigenvalue weighted by atomic mass is 10.1. The van der Waals surface area contributed by atoms with Crippen LogP contribution in [-0.4, -0.2) is 30.0 Å². The van der Waals surface area contributed by atoms with Gasteiger partial charge < -0.3 is 10.1 Å². The fraction of sp³-hybridized carbons (Fsp3) is 0.435. The summed E-state index contributed by atoms with van der Waals surface area (Å²) in [5.41, 5.74) is 3.47. The second-order valence-electron chi connectivity index (χ2n) is 7.40. The molecule has 1 N–H and O–H groups in total. The maximum Gasteiger partial charge on any atom is 0.261 e. The zero-order valence-electron chi connectivity index (χ0n) is 16.4. The van der Waals surface area contributed by atoms with Crippen molar-refractivity contribution >= 4 is 5.91 Å². The first-order valence-corrected chi connectivity index (χ1v) is 9.92. The third-order valence-corrected chi connectivity index (χ3v) is 5.11. The standard InChI is InChI=1S/C23H30N2O2/c1-18-8-4-5-9-22(18)27-19(2)23(26)24-16-20-10-12-21(13-11-20)17-25-14-6-3-7-15-25/h4-5,8-13,19H,3,6-7,14-17H2,1-2H3,(H,24,26)/t19-/m0/s1. The molecule has 0 spiro atoms. The van der Waals surface area contributed by atoms with Crippen molar-refractivity contribution in [3.63, 3.8) is 0 Å². The molecule has 1 aliphatic heterocycles. The van der Waals surface area contributed by atoms with Crippen molar-refractivity contribution < 1.29 is 9.53 Å². The number of hydrogen-bond donors (Lipinski definition) is 1. The maximum absolute atomic E-state index is 12.3. The van der Waals surface area contributed by atoms with Gasteiger partial charge in [-0.3, -0.25) is 9.69 Å². The van der Waals surface area contributed by atoms with Crippen molar-refractivity contribution in [2.45, 2.75) is 52.3 Å². The van der Waals surface area contributed by atoms with E-state index in [0.717, 1.165) is 23.4 Å². The van der Waals surface area contributed by atoms with Crippen LogP contribution in [0, 0.1) is 6.92 Å². The van der Waals surface area contributed by atoms with Crippen LogP contribution in [0.5, 0.6) is 5.75 Å². The van der Waals surface area contributed by atoms with E-state index in [1.54, 1.807) is 6.92 Å². The Kier molecular flexibility index (Phi) is 6.88. The number of likely N-dealkylation sites (tertiary alicyclic amines) is 1. The number of piperidine rings is 1. The zero-order valence-corrected chi connectivity index (χ0v) is 16.4. The molecular weight excluding hydrogens is 336 g/mol. The van der Waals surface area contributed by atoms with Gasteiger partial charge in [0.15, 0.2) is 6.10 Å². The van der Waals surface area contributed by atoms with Crippen LogP contribution in [0.2, 0.25) is 0 Å². The number of amides is 1. The minimum absolute atomic E-state index is 0.101. The number of benzene rings is 2.